The van der Waals surface area contributed by atoms with Gasteiger partial charge in [-0.1, -0.05) is 38.1 Å². The Labute approximate surface area is 221 Å². The van der Waals surface area contributed by atoms with E-state index in [-0.39, 0.29) is 29.7 Å². The number of nitrogens with zero attached hydrogens (tertiary/aromatic N) is 2. The van der Waals surface area contributed by atoms with Gasteiger partial charge in [0.1, 0.15) is 11.6 Å². The number of fused-ring (bicyclic) bond motifs is 1. The third-order valence-electron chi connectivity index (χ3n) is 6.56. The SMILES string of the molecule is CC(C)C[C@H](NC(=O)c1cc2ccccc2o1)C(=O)N[C@@H]1CCCN(S(=O)(=O)c2ccccn2)[C@@H](C)C1=O. The number of sulfonamides is 1. The Hall–Kier alpha value is -3.57. The summed E-state index contributed by atoms with van der Waals surface area (Å²) in [5, 5.41) is 6.15. The fourth-order valence-corrected chi connectivity index (χ4v) is 6.18. The zero-order valence-corrected chi connectivity index (χ0v) is 22.4. The van der Waals surface area contributed by atoms with Crippen molar-refractivity contribution < 1.29 is 27.2 Å². The number of rotatable bonds is 8. The minimum Gasteiger partial charge on any atom is -0.451 e. The molecule has 1 aromatic carbocycles. The van der Waals surface area contributed by atoms with Gasteiger partial charge in [-0.15, -0.1) is 0 Å². The molecule has 2 amide bonds. The fraction of sp³-hybridized carbons (Fsp3) is 0.407. The Balaban J connectivity index is 1.47. The molecule has 1 aliphatic heterocycles. The summed E-state index contributed by atoms with van der Waals surface area (Å²) in [6.07, 6.45) is 2.37. The van der Waals surface area contributed by atoms with Crippen molar-refractivity contribution in [2.45, 2.75) is 63.2 Å². The van der Waals surface area contributed by atoms with Crippen LogP contribution in [0, 0.1) is 5.92 Å². The highest BCUT2D eigenvalue weighted by Crippen LogP contribution is 2.23. The first-order valence-corrected chi connectivity index (χ1v) is 14.1. The van der Waals surface area contributed by atoms with Gasteiger partial charge >= 0.3 is 0 Å². The van der Waals surface area contributed by atoms with Crippen LogP contribution in [0.25, 0.3) is 11.0 Å². The lowest BCUT2D eigenvalue weighted by molar-refractivity contribution is -0.130. The van der Waals surface area contributed by atoms with Gasteiger partial charge in [0.05, 0.1) is 12.1 Å². The van der Waals surface area contributed by atoms with Gasteiger partial charge in [0.15, 0.2) is 16.6 Å². The molecule has 1 aliphatic rings. The Bertz CT molecular complexity index is 1390. The van der Waals surface area contributed by atoms with Crippen LogP contribution in [0.1, 0.15) is 50.6 Å². The number of benzene rings is 1. The lowest BCUT2D eigenvalue weighted by Crippen LogP contribution is -2.54. The highest BCUT2D eigenvalue weighted by molar-refractivity contribution is 7.89. The van der Waals surface area contributed by atoms with E-state index >= 15 is 0 Å². The number of para-hydroxylation sites is 1. The van der Waals surface area contributed by atoms with E-state index < -0.39 is 45.7 Å². The monoisotopic (exact) mass is 540 g/mol. The molecule has 11 heteroatoms. The predicted molar refractivity (Wildman–Crippen MR) is 141 cm³/mol. The van der Waals surface area contributed by atoms with Crippen molar-refractivity contribution in [2.75, 3.05) is 6.54 Å². The molecule has 1 saturated heterocycles. The lowest BCUT2D eigenvalue weighted by Gasteiger charge is -2.27. The maximum atomic E-state index is 13.3. The van der Waals surface area contributed by atoms with Gasteiger partial charge in [-0.25, -0.2) is 13.4 Å². The lowest BCUT2D eigenvalue weighted by atomic mass is 10.00. The number of hydrogen-bond acceptors (Lipinski definition) is 7. The number of carbonyl (C=O) groups excluding carboxylic acids is 3. The van der Waals surface area contributed by atoms with Crippen LogP contribution in [-0.2, 0) is 19.6 Å². The van der Waals surface area contributed by atoms with Crippen LogP contribution in [0.3, 0.4) is 0 Å². The van der Waals surface area contributed by atoms with Crippen LogP contribution >= 0.6 is 0 Å². The first-order chi connectivity index (χ1) is 18.1. The van der Waals surface area contributed by atoms with Crippen LogP contribution < -0.4 is 10.6 Å². The molecule has 0 bridgehead atoms. The number of aromatic nitrogens is 1. The Kier molecular flexibility index (Phi) is 8.27. The van der Waals surface area contributed by atoms with Gasteiger partial charge in [-0.2, -0.15) is 4.31 Å². The number of Topliss-reactive ketones (excluding diaryl/α,β-unsaturated/α-hetero) is 1. The first-order valence-electron chi connectivity index (χ1n) is 12.6. The normalized spacial score (nSPS) is 19.7. The summed E-state index contributed by atoms with van der Waals surface area (Å²) in [4.78, 5) is 43.5. The largest absolute Gasteiger partial charge is 0.451 e. The van der Waals surface area contributed by atoms with Crippen LogP contribution in [0.15, 0.2) is 64.2 Å². The van der Waals surface area contributed by atoms with Gasteiger partial charge < -0.3 is 15.1 Å². The maximum absolute atomic E-state index is 13.3. The summed E-state index contributed by atoms with van der Waals surface area (Å²) in [5.74, 6) is -1.29. The standard InChI is InChI=1S/C27H32N4O6S/c1-17(2)15-21(30-27(34)23-16-19-9-4-5-11-22(19)37-23)26(33)29-20-10-8-14-31(18(3)25(20)32)38(35,36)24-12-6-7-13-28-24/h4-7,9,11-13,16-18,20-21H,8,10,14-15H2,1-3H3,(H,29,33)(H,30,34)/t18-,20+,21-/m0/s1. The van der Waals surface area contributed by atoms with E-state index in [1.165, 1.54) is 19.2 Å². The van der Waals surface area contributed by atoms with E-state index in [2.05, 4.69) is 15.6 Å². The number of pyridine rings is 1. The minimum absolute atomic E-state index is 0.0736. The molecule has 2 aromatic heterocycles. The van der Waals surface area contributed by atoms with E-state index in [0.717, 1.165) is 9.69 Å². The number of nitrogens with one attached hydrogen (secondary N) is 2. The second-order valence-electron chi connectivity index (χ2n) is 9.87. The molecule has 4 rings (SSSR count). The first kappa shape index (κ1) is 27.5. The number of ketones is 1. The summed E-state index contributed by atoms with van der Waals surface area (Å²) in [6.45, 7) is 5.48. The molecule has 3 aromatic rings. The van der Waals surface area contributed by atoms with Gasteiger partial charge in [-0.05, 0) is 56.4 Å². The van der Waals surface area contributed by atoms with E-state index in [1.807, 2.05) is 26.0 Å². The average Bonchev–Trinajstić information content (AvgIpc) is 3.28. The minimum atomic E-state index is -3.99. The second kappa shape index (κ2) is 11.4. The molecule has 0 unspecified atom stereocenters. The molecule has 1 fully saturated rings. The van der Waals surface area contributed by atoms with Crippen molar-refractivity contribution in [3.63, 3.8) is 0 Å². The van der Waals surface area contributed by atoms with Crippen LogP contribution in [-0.4, -0.2) is 60.0 Å². The van der Waals surface area contributed by atoms with Gasteiger partial charge in [-0.3, -0.25) is 14.4 Å². The van der Waals surface area contributed by atoms with Gasteiger partial charge in [0, 0.05) is 18.1 Å². The molecule has 0 spiro atoms. The van der Waals surface area contributed by atoms with Crippen molar-refractivity contribution in [1.29, 1.82) is 0 Å². The zero-order valence-electron chi connectivity index (χ0n) is 21.6. The summed E-state index contributed by atoms with van der Waals surface area (Å²) >= 11 is 0. The topological polar surface area (TPSA) is 139 Å². The summed E-state index contributed by atoms with van der Waals surface area (Å²) in [5.41, 5.74) is 0.561. The molecule has 10 nitrogen and oxygen atoms in total. The predicted octanol–water partition coefficient (Wildman–Crippen LogP) is 2.90. The highest BCUT2D eigenvalue weighted by atomic mass is 32.2. The van der Waals surface area contributed by atoms with Crippen LogP contribution in [0.4, 0.5) is 0 Å². The van der Waals surface area contributed by atoms with E-state index in [1.54, 1.807) is 30.3 Å². The molecular weight excluding hydrogens is 508 g/mol. The van der Waals surface area contributed by atoms with Gasteiger partial charge in [0.2, 0.25) is 5.91 Å². The number of furan rings is 1. The Morgan fingerprint density at radius 2 is 1.89 bits per heavy atom. The van der Waals surface area contributed by atoms with Crippen molar-refractivity contribution in [3.8, 4) is 0 Å². The number of hydrogen-bond donors (Lipinski definition) is 2. The number of carbonyl (C=O) groups is 3. The third kappa shape index (κ3) is 5.94. The smallest absolute Gasteiger partial charge is 0.287 e. The van der Waals surface area contributed by atoms with Crippen LogP contribution in [0.5, 0.6) is 0 Å². The molecule has 3 atom stereocenters. The quantitative estimate of drug-likeness (QED) is 0.448. The second-order valence-corrected chi connectivity index (χ2v) is 11.7. The molecule has 0 aliphatic carbocycles. The molecule has 0 saturated carbocycles. The summed E-state index contributed by atoms with van der Waals surface area (Å²) in [7, 11) is -3.99. The highest BCUT2D eigenvalue weighted by Gasteiger charge is 2.40. The Morgan fingerprint density at radius 1 is 1.16 bits per heavy atom. The fourth-order valence-electron chi connectivity index (χ4n) is 4.61. The molecule has 38 heavy (non-hydrogen) atoms. The van der Waals surface area contributed by atoms with E-state index in [9.17, 15) is 22.8 Å². The summed E-state index contributed by atoms with van der Waals surface area (Å²) in [6, 6.07) is 10.6. The van der Waals surface area contributed by atoms with E-state index in [0.29, 0.717) is 18.4 Å². The van der Waals surface area contributed by atoms with E-state index in [4.69, 9.17) is 4.42 Å². The third-order valence-corrected chi connectivity index (χ3v) is 8.45. The zero-order chi connectivity index (χ0) is 27.4. The van der Waals surface area contributed by atoms with Crippen molar-refractivity contribution in [1.82, 2.24) is 19.9 Å². The molecule has 202 valence electrons. The van der Waals surface area contributed by atoms with Gasteiger partial charge in [0.25, 0.3) is 15.9 Å². The summed E-state index contributed by atoms with van der Waals surface area (Å²) < 4.78 is 33.1. The average molecular weight is 541 g/mol. The van der Waals surface area contributed by atoms with Crippen molar-refractivity contribution >= 4 is 38.6 Å². The van der Waals surface area contributed by atoms with Crippen LogP contribution in [0.2, 0.25) is 0 Å². The molecule has 0 radical (unpaired) electrons. The molecular formula is C27H32N4O6S. The Morgan fingerprint density at radius 3 is 2.58 bits per heavy atom. The molecule has 3 heterocycles. The maximum Gasteiger partial charge on any atom is 0.287 e. The van der Waals surface area contributed by atoms with Crippen molar-refractivity contribution in [2.24, 2.45) is 5.92 Å². The molecule has 2 N–H and O–H groups in total. The van der Waals surface area contributed by atoms with Crippen molar-refractivity contribution in [3.05, 3.63) is 60.5 Å². The number of amides is 2.